The van der Waals surface area contributed by atoms with Crippen molar-refractivity contribution in [2.24, 2.45) is 0 Å². The Bertz CT molecular complexity index is 197. The highest BCUT2D eigenvalue weighted by atomic mass is 32.1. The van der Waals surface area contributed by atoms with E-state index in [1.54, 1.807) is 11.3 Å². The molecular formula is C10H14S. The minimum atomic E-state index is 1.21. The Balaban J connectivity index is 2.25. The summed E-state index contributed by atoms with van der Waals surface area (Å²) in [7, 11) is 0. The molecule has 1 rings (SSSR count). The molecule has 0 spiro atoms. The van der Waals surface area contributed by atoms with Gasteiger partial charge in [-0.3, -0.25) is 0 Å². The van der Waals surface area contributed by atoms with Crippen LogP contribution in [0.2, 0.25) is 0 Å². The summed E-state index contributed by atoms with van der Waals surface area (Å²) in [6.07, 6.45) is 8.26. The second-order valence-corrected chi connectivity index (χ2v) is 3.38. The first-order valence-electron chi connectivity index (χ1n) is 4.12. The summed E-state index contributed by atoms with van der Waals surface area (Å²) in [4.78, 5) is 0. The molecule has 0 fully saturated rings. The Morgan fingerprint density at radius 1 is 1.55 bits per heavy atom. The van der Waals surface area contributed by atoms with Crippen LogP contribution in [0.15, 0.2) is 22.9 Å². The molecular weight excluding hydrogens is 152 g/mol. The SMILES string of the molecule is CCCCC=Cc1ccsc1. The lowest BCUT2D eigenvalue weighted by Crippen LogP contribution is -1.66. The normalized spacial score (nSPS) is 11.0. The van der Waals surface area contributed by atoms with E-state index < -0.39 is 0 Å². The minimum absolute atomic E-state index is 1.21. The average Bonchev–Trinajstić information content (AvgIpc) is 2.50. The first kappa shape index (κ1) is 8.54. The molecule has 1 heteroatoms. The van der Waals surface area contributed by atoms with Crippen LogP contribution in [0.1, 0.15) is 31.7 Å². The Labute approximate surface area is 72.6 Å². The van der Waals surface area contributed by atoms with Crippen molar-refractivity contribution in [2.45, 2.75) is 26.2 Å². The van der Waals surface area contributed by atoms with Crippen molar-refractivity contribution < 1.29 is 0 Å². The van der Waals surface area contributed by atoms with E-state index in [-0.39, 0.29) is 0 Å². The van der Waals surface area contributed by atoms with Crippen LogP contribution >= 0.6 is 11.3 Å². The van der Waals surface area contributed by atoms with Crippen LogP contribution in [0.4, 0.5) is 0 Å². The van der Waals surface area contributed by atoms with Crippen molar-refractivity contribution in [1.82, 2.24) is 0 Å². The Morgan fingerprint density at radius 3 is 3.09 bits per heavy atom. The minimum Gasteiger partial charge on any atom is -0.152 e. The molecule has 0 amide bonds. The van der Waals surface area contributed by atoms with Crippen molar-refractivity contribution in [3.05, 3.63) is 28.5 Å². The Kier molecular flexibility index (Phi) is 3.99. The number of unbranched alkanes of at least 4 members (excludes halogenated alkanes) is 2. The number of hydrogen-bond acceptors (Lipinski definition) is 1. The molecule has 11 heavy (non-hydrogen) atoms. The van der Waals surface area contributed by atoms with Gasteiger partial charge in [-0.1, -0.05) is 31.9 Å². The van der Waals surface area contributed by atoms with E-state index in [1.165, 1.54) is 24.8 Å². The maximum atomic E-state index is 2.26. The van der Waals surface area contributed by atoms with Crippen molar-refractivity contribution in [2.75, 3.05) is 0 Å². The fraction of sp³-hybridized carbons (Fsp3) is 0.400. The summed E-state index contributed by atoms with van der Waals surface area (Å²) in [6, 6.07) is 2.15. The third-order valence-corrected chi connectivity index (χ3v) is 2.28. The third-order valence-electron chi connectivity index (χ3n) is 1.58. The summed E-state index contributed by atoms with van der Waals surface area (Å²) < 4.78 is 0. The van der Waals surface area contributed by atoms with Crippen molar-refractivity contribution in [3.63, 3.8) is 0 Å². The number of rotatable bonds is 4. The van der Waals surface area contributed by atoms with E-state index >= 15 is 0 Å². The third kappa shape index (κ3) is 3.38. The molecule has 0 atom stereocenters. The lowest BCUT2D eigenvalue weighted by molar-refractivity contribution is 0.816. The molecule has 0 saturated heterocycles. The van der Waals surface area contributed by atoms with E-state index in [4.69, 9.17) is 0 Å². The van der Waals surface area contributed by atoms with E-state index in [9.17, 15) is 0 Å². The van der Waals surface area contributed by atoms with Gasteiger partial charge in [-0.15, -0.1) is 0 Å². The Hall–Kier alpha value is -0.560. The van der Waals surface area contributed by atoms with Crippen LogP contribution < -0.4 is 0 Å². The molecule has 1 aromatic heterocycles. The van der Waals surface area contributed by atoms with E-state index in [2.05, 4.69) is 35.9 Å². The standard InChI is InChI=1S/C10H14S/c1-2-3-4-5-6-10-7-8-11-9-10/h5-9H,2-4H2,1H3. The van der Waals surface area contributed by atoms with Gasteiger partial charge in [0, 0.05) is 0 Å². The zero-order valence-corrected chi connectivity index (χ0v) is 7.73. The number of allylic oxidation sites excluding steroid dienone is 1. The van der Waals surface area contributed by atoms with Gasteiger partial charge < -0.3 is 0 Å². The summed E-state index contributed by atoms with van der Waals surface area (Å²) in [6.45, 7) is 2.22. The molecule has 0 aromatic carbocycles. The van der Waals surface area contributed by atoms with Crippen molar-refractivity contribution in [1.29, 1.82) is 0 Å². The summed E-state index contributed by atoms with van der Waals surface area (Å²) in [5, 5.41) is 4.28. The molecule has 0 N–H and O–H groups in total. The highest BCUT2D eigenvalue weighted by Crippen LogP contribution is 2.08. The van der Waals surface area contributed by atoms with E-state index in [0.717, 1.165) is 0 Å². The Morgan fingerprint density at radius 2 is 2.45 bits per heavy atom. The van der Waals surface area contributed by atoms with Gasteiger partial charge in [-0.2, -0.15) is 11.3 Å². The van der Waals surface area contributed by atoms with E-state index in [0.29, 0.717) is 0 Å². The predicted molar refractivity (Wildman–Crippen MR) is 52.9 cm³/mol. The first-order valence-corrected chi connectivity index (χ1v) is 5.06. The van der Waals surface area contributed by atoms with Crippen LogP contribution in [0.3, 0.4) is 0 Å². The molecule has 0 unspecified atom stereocenters. The van der Waals surface area contributed by atoms with Crippen molar-refractivity contribution >= 4 is 17.4 Å². The van der Waals surface area contributed by atoms with Gasteiger partial charge in [0.25, 0.3) is 0 Å². The largest absolute Gasteiger partial charge is 0.152 e. The molecule has 0 aliphatic rings. The van der Waals surface area contributed by atoms with Crippen LogP contribution in [0.5, 0.6) is 0 Å². The van der Waals surface area contributed by atoms with Gasteiger partial charge >= 0.3 is 0 Å². The smallest absolute Gasteiger partial charge is 0.00209 e. The van der Waals surface area contributed by atoms with Crippen LogP contribution in [0, 0.1) is 0 Å². The van der Waals surface area contributed by atoms with Gasteiger partial charge in [-0.05, 0) is 28.8 Å². The maximum Gasteiger partial charge on any atom is -0.00209 e. The highest BCUT2D eigenvalue weighted by Gasteiger charge is 1.83. The number of thiophene rings is 1. The van der Waals surface area contributed by atoms with Gasteiger partial charge in [0.05, 0.1) is 0 Å². The van der Waals surface area contributed by atoms with Crippen LogP contribution in [-0.4, -0.2) is 0 Å². The average molecular weight is 166 g/mol. The lowest BCUT2D eigenvalue weighted by Gasteiger charge is -1.87. The fourth-order valence-corrected chi connectivity index (χ4v) is 1.54. The summed E-state index contributed by atoms with van der Waals surface area (Å²) >= 11 is 1.75. The van der Waals surface area contributed by atoms with Crippen LogP contribution in [-0.2, 0) is 0 Å². The monoisotopic (exact) mass is 166 g/mol. The molecule has 0 nitrogen and oxygen atoms in total. The molecule has 0 aliphatic heterocycles. The molecule has 0 radical (unpaired) electrons. The van der Waals surface area contributed by atoms with Gasteiger partial charge in [0.1, 0.15) is 0 Å². The van der Waals surface area contributed by atoms with Gasteiger partial charge in [0.2, 0.25) is 0 Å². The number of hydrogen-bond donors (Lipinski definition) is 0. The maximum absolute atomic E-state index is 2.26. The lowest BCUT2D eigenvalue weighted by atomic mass is 10.2. The zero-order chi connectivity index (χ0) is 7.94. The van der Waals surface area contributed by atoms with Crippen LogP contribution in [0.25, 0.3) is 6.08 Å². The first-order chi connectivity index (χ1) is 5.43. The van der Waals surface area contributed by atoms with Crippen molar-refractivity contribution in [3.8, 4) is 0 Å². The fourth-order valence-electron chi connectivity index (χ4n) is 0.911. The molecule has 0 saturated carbocycles. The second kappa shape index (κ2) is 5.14. The molecule has 0 bridgehead atoms. The zero-order valence-electron chi connectivity index (χ0n) is 6.92. The molecule has 1 aromatic rings. The highest BCUT2D eigenvalue weighted by molar-refractivity contribution is 7.08. The van der Waals surface area contributed by atoms with Gasteiger partial charge in [0.15, 0.2) is 0 Å². The second-order valence-electron chi connectivity index (χ2n) is 2.60. The summed E-state index contributed by atoms with van der Waals surface area (Å²) in [5.41, 5.74) is 1.34. The predicted octanol–water partition coefficient (Wildman–Crippen LogP) is 3.95. The van der Waals surface area contributed by atoms with Gasteiger partial charge in [-0.25, -0.2) is 0 Å². The topological polar surface area (TPSA) is 0 Å². The summed E-state index contributed by atoms with van der Waals surface area (Å²) in [5.74, 6) is 0. The van der Waals surface area contributed by atoms with E-state index in [1.807, 2.05) is 0 Å². The molecule has 1 heterocycles. The molecule has 60 valence electrons. The molecule has 0 aliphatic carbocycles. The quantitative estimate of drug-likeness (QED) is 0.594.